The van der Waals surface area contributed by atoms with Crippen molar-refractivity contribution in [3.8, 4) is 0 Å². The predicted octanol–water partition coefficient (Wildman–Crippen LogP) is 6.83. The summed E-state index contributed by atoms with van der Waals surface area (Å²) in [4.78, 5) is 13.2. The van der Waals surface area contributed by atoms with Crippen LogP contribution in [0.2, 0.25) is 0 Å². The van der Waals surface area contributed by atoms with Crippen LogP contribution in [0.1, 0.15) is 107 Å². The first kappa shape index (κ1) is 22.8. The summed E-state index contributed by atoms with van der Waals surface area (Å²) in [6.07, 6.45) is 8.24. The Bertz CT molecular complexity index is 472. The Kier molecular flexibility index (Phi) is 6.80. The van der Waals surface area contributed by atoms with Gasteiger partial charge in [0.1, 0.15) is 0 Å². The van der Waals surface area contributed by atoms with Gasteiger partial charge in [-0.15, -0.1) is 0 Å². The van der Waals surface area contributed by atoms with Gasteiger partial charge in [0.05, 0.1) is 0 Å². The summed E-state index contributed by atoms with van der Waals surface area (Å²) in [5.74, 6) is 2.63. The maximum absolute atomic E-state index is 13.2. The molecule has 2 saturated carbocycles. The lowest BCUT2D eigenvalue weighted by atomic mass is 9.60. The molecule has 0 aromatic rings. The largest absolute Gasteiger partial charge is 0.353 e. The molecule has 2 atom stereocenters. The van der Waals surface area contributed by atoms with E-state index in [2.05, 4.69) is 67.6 Å². The van der Waals surface area contributed by atoms with Crippen molar-refractivity contribution in [2.75, 3.05) is 0 Å². The van der Waals surface area contributed by atoms with Crippen LogP contribution in [0.4, 0.5) is 0 Å². The Morgan fingerprint density at radius 1 is 0.630 bits per heavy atom. The van der Waals surface area contributed by atoms with Crippen LogP contribution < -0.4 is 5.32 Å². The fourth-order valence-electron chi connectivity index (χ4n) is 5.37. The van der Waals surface area contributed by atoms with Crippen LogP contribution in [0.25, 0.3) is 0 Å². The third-order valence-corrected chi connectivity index (χ3v) is 7.83. The molecule has 2 aliphatic carbocycles. The summed E-state index contributed by atoms with van der Waals surface area (Å²) in [5.41, 5.74) is 0.971. The van der Waals surface area contributed by atoms with Crippen LogP contribution in [-0.4, -0.2) is 11.9 Å². The van der Waals surface area contributed by atoms with Crippen molar-refractivity contribution in [3.63, 3.8) is 0 Å². The van der Waals surface area contributed by atoms with Gasteiger partial charge >= 0.3 is 0 Å². The van der Waals surface area contributed by atoms with Gasteiger partial charge in [-0.1, -0.05) is 62.3 Å². The Morgan fingerprint density at radius 3 is 1.41 bits per heavy atom. The third-order valence-electron chi connectivity index (χ3n) is 7.83. The van der Waals surface area contributed by atoms with E-state index in [9.17, 15) is 4.79 Å². The molecule has 2 aliphatic rings. The van der Waals surface area contributed by atoms with Crippen LogP contribution in [0.3, 0.4) is 0 Å². The van der Waals surface area contributed by atoms with Crippen molar-refractivity contribution in [2.24, 2.45) is 39.9 Å². The summed E-state index contributed by atoms with van der Waals surface area (Å²) >= 11 is 0. The second kappa shape index (κ2) is 8.07. The number of hydrogen-bond acceptors (Lipinski definition) is 1. The van der Waals surface area contributed by atoms with E-state index >= 15 is 0 Å². The second-order valence-electron chi connectivity index (χ2n) is 13.0. The Balaban J connectivity index is 1.98. The van der Waals surface area contributed by atoms with Gasteiger partial charge < -0.3 is 5.32 Å². The topological polar surface area (TPSA) is 29.1 Å². The van der Waals surface area contributed by atoms with E-state index < -0.39 is 0 Å². The molecule has 0 heterocycles. The first-order chi connectivity index (χ1) is 12.2. The maximum Gasteiger partial charge on any atom is 0.223 e. The van der Waals surface area contributed by atoms with Crippen molar-refractivity contribution >= 4 is 5.91 Å². The first-order valence-corrected chi connectivity index (χ1v) is 11.5. The lowest BCUT2D eigenvalue weighted by Gasteiger charge is -2.45. The molecule has 0 aromatic heterocycles. The molecule has 2 rings (SSSR count). The van der Waals surface area contributed by atoms with Crippen LogP contribution in [0.15, 0.2) is 0 Å². The lowest BCUT2D eigenvalue weighted by molar-refractivity contribution is -0.129. The fourth-order valence-corrected chi connectivity index (χ4v) is 5.37. The molecule has 2 unspecified atom stereocenters. The van der Waals surface area contributed by atoms with Crippen molar-refractivity contribution in [1.29, 1.82) is 0 Å². The van der Waals surface area contributed by atoms with Gasteiger partial charge in [0.25, 0.3) is 0 Å². The highest BCUT2D eigenvalue weighted by molar-refractivity contribution is 5.79. The van der Waals surface area contributed by atoms with Gasteiger partial charge in [0, 0.05) is 12.0 Å². The molecular formula is C25H47NO. The zero-order valence-electron chi connectivity index (χ0n) is 19.7. The molecule has 1 N–H and O–H groups in total. The van der Waals surface area contributed by atoms with E-state index in [1.165, 1.54) is 19.3 Å². The van der Waals surface area contributed by atoms with E-state index in [4.69, 9.17) is 0 Å². The Hall–Kier alpha value is -0.530. The van der Waals surface area contributed by atoms with Crippen molar-refractivity contribution in [2.45, 2.75) is 113 Å². The maximum atomic E-state index is 13.2. The van der Waals surface area contributed by atoms with Gasteiger partial charge in [-0.05, 0) is 78.9 Å². The molecule has 27 heavy (non-hydrogen) atoms. The minimum atomic E-state index is 0.201. The number of carbonyl (C=O) groups is 1. The van der Waals surface area contributed by atoms with Crippen molar-refractivity contribution in [3.05, 3.63) is 0 Å². The zero-order valence-corrected chi connectivity index (χ0v) is 19.7. The number of carbonyl (C=O) groups excluding carboxylic acids is 1. The smallest absolute Gasteiger partial charge is 0.223 e. The highest BCUT2D eigenvalue weighted by Gasteiger charge is 2.42. The number of hydrogen-bond donors (Lipinski definition) is 1. The highest BCUT2D eigenvalue weighted by Crippen LogP contribution is 2.48. The summed E-state index contributed by atoms with van der Waals surface area (Å²) in [6.45, 7) is 21.2. The minimum absolute atomic E-state index is 0.201. The summed E-state index contributed by atoms with van der Waals surface area (Å²) in [6, 6.07) is 0.402. The van der Waals surface area contributed by atoms with Gasteiger partial charge in [-0.3, -0.25) is 4.79 Å². The summed E-state index contributed by atoms with van der Waals surface area (Å²) in [7, 11) is 0. The average Bonchev–Trinajstić information content (AvgIpc) is 2.52. The predicted molar refractivity (Wildman–Crippen MR) is 117 cm³/mol. The van der Waals surface area contributed by atoms with Crippen LogP contribution >= 0.6 is 0 Å². The zero-order chi connectivity index (χ0) is 20.6. The molecule has 0 saturated heterocycles. The molecule has 0 radical (unpaired) electrons. The lowest BCUT2D eigenvalue weighted by Crippen LogP contribution is -2.46. The second-order valence-corrected chi connectivity index (χ2v) is 13.0. The number of nitrogens with one attached hydrogen (secondary N) is 1. The van der Waals surface area contributed by atoms with Crippen LogP contribution in [0.5, 0.6) is 0 Å². The Morgan fingerprint density at radius 2 is 1.04 bits per heavy atom. The molecule has 2 fully saturated rings. The molecule has 2 heteroatoms. The van der Waals surface area contributed by atoms with E-state index in [1.54, 1.807) is 0 Å². The van der Waals surface area contributed by atoms with E-state index in [-0.39, 0.29) is 16.7 Å². The quantitative estimate of drug-likeness (QED) is 0.561. The molecular weight excluding hydrogens is 330 g/mol. The fraction of sp³-hybridized carbons (Fsp3) is 0.960. The minimum Gasteiger partial charge on any atom is -0.353 e. The summed E-state index contributed by atoms with van der Waals surface area (Å²) < 4.78 is 0. The van der Waals surface area contributed by atoms with E-state index in [0.29, 0.717) is 29.2 Å². The van der Waals surface area contributed by atoms with Gasteiger partial charge in [0.2, 0.25) is 5.91 Å². The number of amides is 1. The monoisotopic (exact) mass is 377 g/mol. The van der Waals surface area contributed by atoms with Crippen molar-refractivity contribution < 1.29 is 4.79 Å². The molecule has 158 valence electrons. The molecule has 0 aliphatic heterocycles. The van der Waals surface area contributed by atoms with Gasteiger partial charge in [-0.25, -0.2) is 0 Å². The molecule has 1 amide bonds. The van der Waals surface area contributed by atoms with Crippen LogP contribution in [-0.2, 0) is 4.79 Å². The van der Waals surface area contributed by atoms with Gasteiger partial charge in [-0.2, -0.15) is 0 Å². The number of rotatable bonds is 2. The highest BCUT2D eigenvalue weighted by atomic mass is 16.1. The van der Waals surface area contributed by atoms with Crippen molar-refractivity contribution in [1.82, 2.24) is 5.32 Å². The Labute approximate surface area is 169 Å². The molecule has 0 aromatic carbocycles. The van der Waals surface area contributed by atoms with E-state index in [1.807, 2.05) is 0 Å². The third kappa shape index (κ3) is 6.23. The normalized spacial score (nSPS) is 33.6. The first-order valence-electron chi connectivity index (χ1n) is 11.5. The SMILES string of the molecule is CC(C)(C)C1CCC(NC(=O)C2CC(C(C)(C)C)CC(C(C)(C)C)C2)CC1. The molecule has 0 bridgehead atoms. The standard InChI is InChI=1S/C25H47NO/c1-23(2,3)18-10-12-21(13-11-18)26-22(27)17-14-19(24(4,5)6)16-20(15-17)25(7,8)9/h17-21H,10-16H2,1-9H3,(H,26,27). The average molecular weight is 378 g/mol. The summed E-state index contributed by atoms with van der Waals surface area (Å²) in [5, 5.41) is 3.47. The van der Waals surface area contributed by atoms with Gasteiger partial charge in [0.15, 0.2) is 0 Å². The molecule has 0 spiro atoms. The van der Waals surface area contributed by atoms with E-state index in [0.717, 1.165) is 31.6 Å². The molecule has 2 nitrogen and oxygen atoms in total. The van der Waals surface area contributed by atoms with Crippen LogP contribution in [0, 0.1) is 39.9 Å².